The number of carbonyl (C=O) groups excluding carboxylic acids is 3. The van der Waals surface area contributed by atoms with E-state index in [-0.39, 0.29) is 6.54 Å². The van der Waals surface area contributed by atoms with Crippen LogP contribution < -0.4 is 11.1 Å². The molecule has 0 saturated heterocycles. The smallest absolute Gasteiger partial charge is 0.318 e. The summed E-state index contributed by atoms with van der Waals surface area (Å²) in [6.07, 6.45) is 3.30. The van der Waals surface area contributed by atoms with Crippen LogP contribution in [-0.4, -0.2) is 47.7 Å². The second-order valence-corrected chi connectivity index (χ2v) is 5.11. The third kappa shape index (κ3) is 4.17. The molecule has 3 amide bonds. The Morgan fingerprint density at radius 2 is 2.09 bits per heavy atom. The van der Waals surface area contributed by atoms with E-state index < -0.39 is 11.8 Å². The first kappa shape index (κ1) is 16.7. The van der Waals surface area contributed by atoms with Gasteiger partial charge in [0.05, 0.1) is 0 Å². The molecule has 1 aromatic heterocycles. The van der Waals surface area contributed by atoms with Gasteiger partial charge in [0.15, 0.2) is 0 Å². The van der Waals surface area contributed by atoms with Gasteiger partial charge in [0, 0.05) is 30.2 Å². The van der Waals surface area contributed by atoms with Crippen LogP contribution in [0.25, 0.3) is 10.9 Å². The summed E-state index contributed by atoms with van der Waals surface area (Å²) in [6.45, 7) is 0.810. The average molecular weight is 316 g/mol. The molecule has 0 bridgehead atoms. The molecule has 7 heteroatoms. The number of nitrogens with one attached hydrogen (secondary N) is 2. The summed E-state index contributed by atoms with van der Waals surface area (Å²) in [5.41, 5.74) is 7.42. The number of nitrogens with zero attached hydrogens (tertiary/aromatic N) is 1. The number of aromatic nitrogens is 1. The van der Waals surface area contributed by atoms with Gasteiger partial charge in [0.2, 0.25) is 6.41 Å². The number of imide groups is 1. The first-order valence-corrected chi connectivity index (χ1v) is 7.46. The minimum atomic E-state index is -0.854. The first-order valence-electron chi connectivity index (χ1n) is 7.46. The van der Waals surface area contributed by atoms with Crippen molar-refractivity contribution in [2.24, 2.45) is 5.73 Å². The Hall–Kier alpha value is -2.67. The second-order valence-electron chi connectivity index (χ2n) is 5.11. The van der Waals surface area contributed by atoms with Gasteiger partial charge in [-0.2, -0.15) is 0 Å². The molecule has 0 radical (unpaired) electrons. The fraction of sp³-hybridized carbons (Fsp3) is 0.312. The predicted molar refractivity (Wildman–Crippen MR) is 86.5 cm³/mol. The van der Waals surface area contributed by atoms with Crippen molar-refractivity contribution in [3.8, 4) is 0 Å². The van der Waals surface area contributed by atoms with Crippen molar-refractivity contribution in [1.82, 2.24) is 15.2 Å². The minimum absolute atomic E-state index is 0.148. The number of fused-ring (bicyclic) bond motifs is 1. The minimum Gasteiger partial charge on any atom is -0.361 e. The van der Waals surface area contributed by atoms with Crippen molar-refractivity contribution >= 4 is 29.1 Å². The third-order valence-electron chi connectivity index (χ3n) is 3.54. The van der Waals surface area contributed by atoms with E-state index in [1.165, 1.54) is 0 Å². The van der Waals surface area contributed by atoms with Gasteiger partial charge in [0.25, 0.3) is 0 Å². The van der Waals surface area contributed by atoms with E-state index in [4.69, 9.17) is 5.73 Å². The Morgan fingerprint density at radius 3 is 2.83 bits per heavy atom. The summed E-state index contributed by atoms with van der Waals surface area (Å²) in [7, 11) is 0. The van der Waals surface area contributed by atoms with Gasteiger partial charge in [0.1, 0.15) is 0 Å². The van der Waals surface area contributed by atoms with E-state index in [1.54, 1.807) is 0 Å². The van der Waals surface area contributed by atoms with Crippen LogP contribution in [-0.2, 0) is 20.8 Å². The molecular formula is C16H20N4O3. The van der Waals surface area contributed by atoms with Gasteiger partial charge in [-0.15, -0.1) is 0 Å². The molecule has 0 aliphatic heterocycles. The zero-order valence-corrected chi connectivity index (χ0v) is 12.7. The highest BCUT2D eigenvalue weighted by molar-refractivity contribution is 6.36. The molecule has 0 atom stereocenters. The molecule has 0 spiro atoms. The summed E-state index contributed by atoms with van der Waals surface area (Å²) >= 11 is 0. The zero-order chi connectivity index (χ0) is 16.7. The van der Waals surface area contributed by atoms with Crippen molar-refractivity contribution in [2.75, 3.05) is 19.6 Å². The Bertz CT molecular complexity index is 695. The van der Waals surface area contributed by atoms with E-state index in [2.05, 4.69) is 10.3 Å². The number of benzene rings is 1. The molecule has 2 aromatic rings. The lowest BCUT2D eigenvalue weighted by Crippen LogP contribution is -2.43. The van der Waals surface area contributed by atoms with Crippen LogP contribution in [0.1, 0.15) is 12.0 Å². The third-order valence-corrected chi connectivity index (χ3v) is 3.54. The molecule has 7 nitrogen and oxygen atoms in total. The van der Waals surface area contributed by atoms with Gasteiger partial charge < -0.3 is 16.0 Å². The largest absolute Gasteiger partial charge is 0.361 e. The summed E-state index contributed by atoms with van der Waals surface area (Å²) in [4.78, 5) is 38.5. The highest BCUT2D eigenvalue weighted by Gasteiger charge is 2.20. The molecule has 4 N–H and O–H groups in total. The van der Waals surface area contributed by atoms with Crippen LogP contribution in [0.2, 0.25) is 0 Å². The van der Waals surface area contributed by atoms with E-state index in [0.29, 0.717) is 32.3 Å². The van der Waals surface area contributed by atoms with Crippen molar-refractivity contribution in [3.63, 3.8) is 0 Å². The Balaban J connectivity index is 1.86. The molecule has 0 aliphatic carbocycles. The number of amides is 3. The van der Waals surface area contributed by atoms with Crippen LogP contribution in [0.5, 0.6) is 0 Å². The maximum atomic E-state index is 11.8. The summed E-state index contributed by atoms with van der Waals surface area (Å²) in [5, 5.41) is 3.63. The molecule has 1 heterocycles. The number of carbonyl (C=O) groups is 3. The Morgan fingerprint density at radius 1 is 1.30 bits per heavy atom. The van der Waals surface area contributed by atoms with Gasteiger partial charge in [-0.1, -0.05) is 18.2 Å². The quantitative estimate of drug-likeness (QED) is 0.499. The van der Waals surface area contributed by atoms with Crippen molar-refractivity contribution in [3.05, 3.63) is 36.0 Å². The standard InChI is InChI=1S/C16H20N4O3/c17-7-3-9-20(11-21)16(23)15(22)18-8-6-12-10-19-14-5-2-1-4-13(12)14/h1-2,4-5,10-11,19H,3,6-9,17H2,(H,18,22). The highest BCUT2D eigenvalue weighted by atomic mass is 16.2. The van der Waals surface area contributed by atoms with E-state index in [9.17, 15) is 14.4 Å². The average Bonchev–Trinajstić information content (AvgIpc) is 2.98. The van der Waals surface area contributed by atoms with Crippen molar-refractivity contribution < 1.29 is 14.4 Å². The molecule has 0 aliphatic rings. The number of rotatable bonds is 7. The Kier molecular flexibility index (Phi) is 5.87. The summed E-state index contributed by atoms with van der Waals surface area (Å²) < 4.78 is 0. The van der Waals surface area contributed by atoms with Crippen LogP contribution in [0.4, 0.5) is 0 Å². The molecule has 0 saturated carbocycles. The molecule has 0 unspecified atom stereocenters. The monoisotopic (exact) mass is 316 g/mol. The van der Waals surface area contributed by atoms with E-state index in [1.807, 2.05) is 30.5 Å². The number of hydrogen-bond donors (Lipinski definition) is 3. The van der Waals surface area contributed by atoms with Crippen LogP contribution in [0.15, 0.2) is 30.5 Å². The molecular weight excluding hydrogens is 296 g/mol. The van der Waals surface area contributed by atoms with Gasteiger partial charge in [-0.05, 0) is 31.0 Å². The van der Waals surface area contributed by atoms with Gasteiger partial charge >= 0.3 is 11.8 Å². The topological polar surface area (TPSA) is 108 Å². The lowest BCUT2D eigenvalue weighted by Gasteiger charge is -2.14. The SMILES string of the molecule is NCCCN(C=O)C(=O)C(=O)NCCc1c[nH]c2ccccc12. The molecule has 0 fully saturated rings. The molecule has 2 rings (SSSR count). The van der Waals surface area contributed by atoms with Crippen LogP contribution >= 0.6 is 0 Å². The zero-order valence-electron chi connectivity index (χ0n) is 12.7. The lowest BCUT2D eigenvalue weighted by atomic mass is 10.1. The normalized spacial score (nSPS) is 10.5. The first-order chi connectivity index (χ1) is 11.2. The number of hydrogen-bond acceptors (Lipinski definition) is 4. The molecule has 122 valence electrons. The maximum absolute atomic E-state index is 11.8. The number of H-pyrrole nitrogens is 1. The molecule has 23 heavy (non-hydrogen) atoms. The fourth-order valence-electron chi connectivity index (χ4n) is 2.32. The second kappa shape index (κ2) is 8.09. The van der Waals surface area contributed by atoms with Crippen LogP contribution in [0, 0.1) is 0 Å². The Labute approximate surface area is 133 Å². The summed E-state index contributed by atoms with van der Waals surface area (Å²) in [5.74, 6) is -1.64. The van der Waals surface area contributed by atoms with Gasteiger partial charge in [-0.3, -0.25) is 19.3 Å². The predicted octanol–water partition coefficient (Wildman–Crippen LogP) is 0.160. The van der Waals surface area contributed by atoms with E-state index >= 15 is 0 Å². The van der Waals surface area contributed by atoms with Crippen molar-refractivity contribution in [2.45, 2.75) is 12.8 Å². The lowest BCUT2D eigenvalue weighted by molar-refractivity contribution is -0.148. The highest BCUT2D eigenvalue weighted by Crippen LogP contribution is 2.17. The fourth-order valence-corrected chi connectivity index (χ4v) is 2.32. The van der Waals surface area contributed by atoms with Crippen LogP contribution in [0.3, 0.4) is 0 Å². The number of aromatic amines is 1. The molecule has 1 aromatic carbocycles. The van der Waals surface area contributed by atoms with E-state index in [0.717, 1.165) is 21.4 Å². The number of para-hydroxylation sites is 1. The van der Waals surface area contributed by atoms with Crippen molar-refractivity contribution in [1.29, 1.82) is 0 Å². The van der Waals surface area contributed by atoms with Gasteiger partial charge in [-0.25, -0.2) is 0 Å². The number of nitrogens with two attached hydrogens (primary N) is 1. The summed E-state index contributed by atoms with van der Waals surface area (Å²) in [6, 6.07) is 7.86. The maximum Gasteiger partial charge on any atom is 0.318 e.